The molecule has 0 radical (unpaired) electrons. The molecule has 1 aromatic carbocycles. The van der Waals surface area contributed by atoms with Gasteiger partial charge in [0.05, 0.1) is 6.20 Å². The predicted molar refractivity (Wildman–Crippen MR) is 58.3 cm³/mol. The third kappa shape index (κ3) is 1.71. The van der Waals surface area contributed by atoms with Gasteiger partial charge in [-0.2, -0.15) is 5.10 Å². The fourth-order valence-electron chi connectivity index (χ4n) is 1.70. The molecule has 0 aliphatic heterocycles. The van der Waals surface area contributed by atoms with Crippen molar-refractivity contribution in [1.29, 1.82) is 0 Å². The van der Waals surface area contributed by atoms with E-state index < -0.39 is 6.43 Å². The maximum Gasteiger partial charge on any atom is 0.264 e. The minimum absolute atomic E-state index is 0.0543. The van der Waals surface area contributed by atoms with Crippen LogP contribution in [0.1, 0.15) is 17.7 Å². The second-order valence-corrected chi connectivity index (χ2v) is 3.66. The van der Waals surface area contributed by atoms with E-state index in [9.17, 15) is 8.78 Å². The van der Waals surface area contributed by atoms with E-state index in [-0.39, 0.29) is 5.56 Å². The molecule has 0 aliphatic rings. The largest absolute Gasteiger partial charge is 0.272 e. The molecule has 2 rings (SSSR count). The van der Waals surface area contributed by atoms with Crippen LogP contribution < -0.4 is 0 Å². The Kier molecular flexibility index (Phi) is 2.73. The lowest BCUT2D eigenvalue weighted by molar-refractivity contribution is 0.152. The lowest BCUT2D eigenvalue weighted by Crippen LogP contribution is -1.94. The summed E-state index contributed by atoms with van der Waals surface area (Å²) in [6.45, 7) is 1.87. The molecule has 4 heteroatoms. The normalized spacial score (nSPS) is 11.1. The molecule has 0 saturated carbocycles. The van der Waals surface area contributed by atoms with E-state index in [1.54, 1.807) is 36.1 Å². The number of benzene rings is 1. The van der Waals surface area contributed by atoms with Crippen LogP contribution >= 0.6 is 0 Å². The van der Waals surface area contributed by atoms with E-state index in [0.29, 0.717) is 5.56 Å². The van der Waals surface area contributed by atoms with Gasteiger partial charge in [-0.15, -0.1) is 0 Å². The third-order valence-electron chi connectivity index (χ3n) is 2.72. The molecular formula is C12H12F2N2. The molecule has 84 valence electrons. The molecule has 1 aromatic heterocycles. The summed E-state index contributed by atoms with van der Waals surface area (Å²) in [7, 11) is 1.80. The molecule has 0 N–H and O–H groups in total. The maximum absolute atomic E-state index is 12.8. The summed E-state index contributed by atoms with van der Waals surface area (Å²) in [5, 5.41) is 4.06. The van der Waals surface area contributed by atoms with Crippen LogP contribution in [0.5, 0.6) is 0 Å². The fraction of sp³-hybridized carbons (Fsp3) is 0.250. The highest BCUT2D eigenvalue weighted by molar-refractivity contribution is 5.69. The number of alkyl halides is 2. The van der Waals surface area contributed by atoms with Crippen LogP contribution in [0.25, 0.3) is 11.1 Å². The van der Waals surface area contributed by atoms with Gasteiger partial charge < -0.3 is 0 Å². The molecule has 0 unspecified atom stereocenters. The monoisotopic (exact) mass is 222 g/mol. The summed E-state index contributed by atoms with van der Waals surface area (Å²) in [6, 6.07) is 6.53. The van der Waals surface area contributed by atoms with Crippen LogP contribution in [-0.4, -0.2) is 9.78 Å². The summed E-state index contributed by atoms with van der Waals surface area (Å²) in [4.78, 5) is 0. The average Bonchev–Trinajstić information content (AvgIpc) is 2.60. The summed E-state index contributed by atoms with van der Waals surface area (Å²) in [6.07, 6.45) is -0.841. The lowest BCUT2D eigenvalue weighted by Gasteiger charge is -2.07. The minimum Gasteiger partial charge on any atom is -0.272 e. The first kappa shape index (κ1) is 10.8. The standard InChI is InChI=1S/C12H12F2N2/c1-8-11(7-15-16(8)2)9-5-3-4-6-10(9)12(13)14/h3-7,12H,1-2H3. The van der Waals surface area contributed by atoms with Gasteiger partial charge in [-0.1, -0.05) is 24.3 Å². The van der Waals surface area contributed by atoms with E-state index in [0.717, 1.165) is 11.3 Å². The zero-order valence-corrected chi connectivity index (χ0v) is 9.11. The SMILES string of the molecule is Cc1c(-c2ccccc2C(F)F)cnn1C. The summed E-state index contributed by atoms with van der Waals surface area (Å²) in [5.74, 6) is 0. The predicted octanol–water partition coefficient (Wildman–Crippen LogP) is 3.33. The summed E-state index contributed by atoms with van der Waals surface area (Å²) < 4.78 is 27.3. The van der Waals surface area contributed by atoms with Crippen LogP contribution in [0.2, 0.25) is 0 Å². The first-order chi connectivity index (χ1) is 7.61. The van der Waals surface area contributed by atoms with Crippen molar-refractivity contribution in [3.8, 4) is 11.1 Å². The number of aromatic nitrogens is 2. The smallest absolute Gasteiger partial charge is 0.264 e. The Hall–Kier alpha value is -1.71. The van der Waals surface area contributed by atoms with Crippen molar-refractivity contribution in [2.45, 2.75) is 13.3 Å². The highest BCUT2D eigenvalue weighted by Crippen LogP contribution is 2.32. The summed E-state index contributed by atoms with van der Waals surface area (Å²) >= 11 is 0. The van der Waals surface area contributed by atoms with Gasteiger partial charge >= 0.3 is 0 Å². The Morgan fingerprint density at radius 1 is 1.19 bits per heavy atom. The molecular weight excluding hydrogens is 210 g/mol. The molecule has 0 fully saturated rings. The number of hydrogen-bond acceptors (Lipinski definition) is 1. The molecule has 0 amide bonds. The van der Waals surface area contributed by atoms with Crippen molar-refractivity contribution in [2.75, 3.05) is 0 Å². The second-order valence-electron chi connectivity index (χ2n) is 3.66. The van der Waals surface area contributed by atoms with E-state index in [1.165, 1.54) is 6.07 Å². The van der Waals surface area contributed by atoms with E-state index in [2.05, 4.69) is 5.10 Å². The van der Waals surface area contributed by atoms with Crippen LogP contribution in [0, 0.1) is 6.92 Å². The van der Waals surface area contributed by atoms with Crippen LogP contribution in [0.4, 0.5) is 8.78 Å². The number of nitrogens with zero attached hydrogens (tertiary/aromatic N) is 2. The van der Waals surface area contributed by atoms with Crippen LogP contribution in [0.15, 0.2) is 30.5 Å². The van der Waals surface area contributed by atoms with Gasteiger partial charge in [0.15, 0.2) is 0 Å². The van der Waals surface area contributed by atoms with Gasteiger partial charge in [-0.3, -0.25) is 4.68 Å². The third-order valence-corrected chi connectivity index (χ3v) is 2.72. The number of halogens is 2. The molecule has 0 bridgehead atoms. The molecule has 0 atom stereocenters. The molecule has 0 aliphatic carbocycles. The first-order valence-electron chi connectivity index (χ1n) is 4.97. The molecule has 2 aromatic rings. The minimum atomic E-state index is -2.46. The van der Waals surface area contributed by atoms with Crippen LogP contribution in [-0.2, 0) is 7.05 Å². The molecule has 0 saturated heterocycles. The van der Waals surface area contributed by atoms with Gasteiger partial charge in [-0.05, 0) is 12.5 Å². The average molecular weight is 222 g/mol. The zero-order valence-electron chi connectivity index (χ0n) is 9.11. The Morgan fingerprint density at radius 3 is 2.44 bits per heavy atom. The number of aryl methyl sites for hydroxylation is 1. The quantitative estimate of drug-likeness (QED) is 0.762. The Labute approximate surface area is 92.5 Å². The van der Waals surface area contributed by atoms with Crippen LogP contribution in [0.3, 0.4) is 0 Å². The van der Waals surface area contributed by atoms with Crippen molar-refractivity contribution >= 4 is 0 Å². The number of hydrogen-bond donors (Lipinski definition) is 0. The topological polar surface area (TPSA) is 17.8 Å². The first-order valence-corrected chi connectivity index (χ1v) is 4.97. The van der Waals surface area contributed by atoms with Crippen molar-refractivity contribution in [3.63, 3.8) is 0 Å². The van der Waals surface area contributed by atoms with Gasteiger partial charge in [0.1, 0.15) is 0 Å². The molecule has 16 heavy (non-hydrogen) atoms. The molecule has 2 nitrogen and oxygen atoms in total. The van der Waals surface area contributed by atoms with Gasteiger partial charge in [0.25, 0.3) is 6.43 Å². The second kappa shape index (κ2) is 4.04. The van der Waals surface area contributed by atoms with Gasteiger partial charge in [0, 0.05) is 23.9 Å². The summed E-state index contributed by atoms with van der Waals surface area (Å²) in [5.41, 5.74) is 2.26. The van der Waals surface area contributed by atoms with Gasteiger partial charge in [-0.25, -0.2) is 8.78 Å². The lowest BCUT2D eigenvalue weighted by atomic mass is 10.0. The number of rotatable bonds is 2. The Bertz CT molecular complexity index is 503. The maximum atomic E-state index is 12.8. The highest BCUT2D eigenvalue weighted by Gasteiger charge is 2.16. The Balaban J connectivity index is 2.60. The van der Waals surface area contributed by atoms with E-state index in [1.807, 2.05) is 6.92 Å². The fourth-order valence-corrected chi connectivity index (χ4v) is 1.70. The van der Waals surface area contributed by atoms with Crippen molar-refractivity contribution < 1.29 is 8.78 Å². The van der Waals surface area contributed by atoms with E-state index in [4.69, 9.17) is 0 Å². The molecule has 1 heterocycles. The van der Waals surface area contributed by atoms with Crippen molar-refractivity contribution in [2.24, 2.45) is 7.05 Å². The van der Waals surface area contributed by atoms with Gasteiger partial charge in [0.2, 0.25) is 0 Å². The zero-order chi connectivity index (χ0) is 11.7. The van der Waals surface area contributed by atoms with Crippen molar-refractivity contribution in [1.82, 2.24) is 9.78 Å². The molecule has 0 spiro atoms. The van der Waals surface area contributed by atoms with E-state index >= 15 is 0 Å². The van der Waals surface area contributed by atoms with Crippen molar-refractivity contribution in [3.05, 3.63) is 41.7 Å². The Morgan fingerprint density at radius 2 is 1.88 bits per heavy atom. The highest BCUT2D eigenvalue weighted by atomic mass is 19.3.